The van der Waals surface area contributed by atoms with Crippen molar-refractivity contribution in [1.29, 1.82) is 0 Å². The zero-order chi connectivity index (χ0) is 13.0. The van der Waals surface area contributed by atoms with E-state index in [2.05, 4.69) is 30.3 Å². The smallest absolute Gasteiger partial charge is 0.0750 e. The summed E-state index contributed by atoms with van der Waals surface area (Å²) in [6, 6.07) is 2.45. The molecule has 0 spiro atoms. The Hall–Kier alpha value is -0.870. The number of nitrogens with one attached hydrogen (secondary N) is 1. The molecule has 98 valence electrons. The summed E-state index contributed by atoms with van der Waals surface area (Å²) in [5, 5.41) is 7.73. The van der Waals surface area contributed by atoms with Crippen molar-refractivity contribution in [3.8, 4) is 0 Å². The molecule has 0 radical (unpaired) electrons. The maximum Gasteiger partial charge on any atom is 0.0750 e. The van der Waals surface area contributed by atoms with E-state index >= 15 is 0 Å². The number of ether oxygens (including phenoxy) is 1. The molecule has 4 heteroatoms. The molecular weight excluding hydrogens is 214 g/mol. The van der Waals surface area contributed by atoms with E-state index in [-0.39, 0.29) is 6.10 Å². The summed E-state index contributed by atoms with van der Waals surface area (Å²) in [4.78, 5) is 0. The van der Waals surface area contributed by atoms with Crippen LogP contribution in [0.4, 0.5) is 0 Å². The molecule has 1 N–H and O–H groups in total. The summed E-state index contributed by atoms with van der Waals surface area (Å²) in [6.07, 6.45) is 1.15. The van der Waals surface area contributed by atoms with Crippen molar-refractivity contribution in [2.24, 2.45) is 13.0 Å². The van der Waals surface area contributed by atoms with Gasteiger partial charge >= 0.3 is 0 Å². The standard InChI is InChI=1S/C13H25N3O/c1-9(2)13(17-6)12(14-4)8-11-7-10(3)15-16(11)5/h7,9,12-14H,8H2,1-6H3. The van der Waals surface area contributed by atoms with Crippen LogP contribution in [0.2, 0.25) is 0 Å². The molecule has 0 fully saturated rings. The summed E-state index contributed by atoms with van der Waals surface area (Å²) in [6.45, 7) is 6.40. The predicted octanol–water partition coefficient (Wildman–Crippen LogP) is 1.53. The first kappa shape index (κ1) is 14.2. The topological polar surface area (TPSA) is 39.1 Å². The summed E-state index contributed by atoms with van der Waals surface area (Å²) >= 11 is 0. The lowest BCUT2D eigenvalue weighted by Crippen LogP contribution is -2.43. The number of likely N-dealkylation sites (N-methyl/N-ethyl adjacent to an activating group) is 1. The molecule has 4 nitrogen and oxygen atoms in total. The summed E-state index contributed by atoms with van der Waals surface area (Å²) in [5.41, 5.74) is 2.31. The Morgan fingerprint density at radius 2 is 2.12 bits per heavy atom. The minimum Gasteiger partial charge on any atom is -0.380 e. The third-order valence-electron chi connectivity index (χ3n) is 3.22. The highest BCUT2D eigenvalue weighted by Gasteiger charge is 2.24. The zero-order valence-electron chi connectivity index (χ0n) is 11.8. The molecule has 17 heavy (non-hydrogen) atoms. The summed E-state index contributed by atoms with van der Waals surface area (Å²) < 4.78 is 7.54. The Bertz CT molecular complexity index is 346. The summed E-state index contributed by atoms with van der Waals surface area (Å²) in [7, 11) is 5.76. The van der Waals surface area contributed by atoms with Crippen molar-refractivity contribution in [2.75, 3.05) is 14.2 Å². The lowest BCUT2D eigenvalue weighted by Gasteiger charge is -2.28. The predicted molar refractivity (Wildman–Crippen MR) is 70.1 cm³/mol. The first-order valence-corrected chi connectivity index (χ1v) is 6.19. The highest BCUT2D eigenvalue weighted by Crippen LogP contribution is 2.15. The minimum atomic E-state index is 0.218. The fraction of sp³-hybridized carbons (Fsp3) is 0.769. The van der Waals surface area contributed by atoms with Crippen molar-refractivity contribution in [3.63, 3.8) is 0 Å². The number of aryl methyl sites for hydroxylation is 2. The van der Waals surface area contributed by atoms with Gasteiger partial charge in [-0.2, -0.15) is 5.10 Å². The van der Waals surface area contributed by atoms with Crippen LogP contribution in [-0.2, 0) is 18.2 Å². The fourth-order valence-corrected chi connectivity index (χ4v) is 2.36. The molecular formula is C13H25N3O. The molecule has 1 rings (SSSR count). The van der Waals surface area contributed by atoms with Gasteiger partial charge in [-0.05, 0) is 26.0 Å². The van der Waals surface area contributed by atoms with Crippen LogP contribution in [0.5, 0.6) is 0 Å². The number of rotatable bonds is 6. The molecule has 0 saturated carbocycles. The van der Waals surface area contributed by atoms with Gasteiger partial charge in [0, 0.05) is 32.3 Å². The van der Waals surface area contributed by atoms with E-state index in [1.807, 2.05) is 25.7 Å². The van der Waals surface area contributed by atoms with E-state index < -0.39 is 0 Å². The third-order valence-corrected chi connectivity index (χ3v) is 3.22. The lowest BCUT2D eigenvalue weighted by atomic mass is 9.96. The second kappa shape index (κ2) is 6.17. The van der Waals surface area contributed by atoms with Crippen LogP contribution in [0.15, 0.2) is 6.07 Å². The molecule has 0 aromatic carbocycles. The molecule has 1 aromatic rings. The number of nitrogens with zero attached hydrogens (tertiary/aromatic N) is 2. The maximum atomic E-state index is 5.59. The minimum absolute atomic E-state index is 0.218. The highest BCUT2D eigenvalue weighted by atomic mass is 16.5. The molecule has 0 bridgehead atoms. The Morgan fingerprint density at radius 3 is 2.47 bits per heavy atom. The molecule has 0 aliphatic rings. The zero-order valence-corrected chi connectivity index (χ0v) is 11.8. The molecule has 0 aliphatic carbocycles. The number of aromatic nitrogens is 2. The highest BCUT2D eigenvalue weighted by molar-refractivity contribution is 5.10. The Labute approximate surface area is 104 Å². The Morgan fingerprint density at radius 1 is 1.47 bits per heavy atom. The van der Waals surface area contributed by atoms with Crippen LogP contribution >= 0.6 is 0 Å². The van der Waals surface area contributed by atoms with E-state index in [1.54, 1.807) is 7.11 Å². The molecule has 0 aliphatic heterocycles. The second-order valence-corrected chi connectivity index (χ2v) is 4.94. The molecule has 0 amide bonds. The number of hydrogen-bond acceptors (Lipinski definition) is 3. The van der Waals surface area contributed by atoms with Crippen LogP contribution in [0.1, 0.15) is 25.2 Å². The van der Waals surface area contributed by atoms with Gasteiger partial charge in [0.05, 0.1) is 11.8 Å². The third kappa shape index (κ3) is 3.54. The van der Waals surface area contributed by atoms with E-state index in [4.69, 9.17) is 4.74 Å². The van der Waals surface area contributed by atoms with Gasteiger partial charge in [0.25, 0.3) is 0 Å². The van der Waals surface area contributed by atoms with Gasteiger partial charge in [0.1, 0.15) is 0 Å². The number of methoxy groups -OCH3 is 1. The van der Waals surface area contributed by atoms with Crippen LogP contribution in [-0.4, -0.2) is 36.1 Å². The van der Waals surface area contributed by atoms with Gasteiger partial charge in [-0.1, -0.05) is 13.8 Å². The van der Waals surface area contributed by atoms with E-state index in [9.17, 15) is 0 Å². The van der Waals surface area contributed by atoms with Crippen molar-refractivity contribution in [1.82, 2.24) is 15.1 Å². The van der Waals surface area contributed by atoms with Crippen LogP contribution in [0, 0.1) is 12.8 Å². The van der Waals surface area contributed by atoms with Crippen LogP contribution in [0.25, 0.3) is 0 Å². The fourth-order valence-electron chi connectivity index (χ4n) is 2.36. The normalized spacial score (nSPS) is 15.2. The van der Waals surface area contributed by atoms with Gasteiger partial charge < -0.3 is 10.1 Å². The second-order valence-electron chi connectivity index (χ2n) is 4.94. The Balaban J connectivity index is 2.78. The van der Waals surface area contributed by atoms with Gasteiger partial charge in [-0.3, -0.25) is 4.68 Å². The van der Waals surface area contributed by atoms with Crippen molar-refractivity contribution >= 4 is 0 Å². The Kier molecular flexibility index (Phi) is 5.15. The quantitative estimate of drug-likeness (QED) is 0.818. The van der Waals surface area contributed by atoms with Crippen LogP contribution < -0.4 is 5.32 Å². The van der Waals surface area contributed by atoms with E-state index in [0.717, 1.165) is 12.1 Å². The first-order valence-electron chi connectivity index (χ1n) is 6.19. The van der Waals surface area contributed by atoms with E-state index in [1.165, 1.54) is 5.69 Å². The van der Waals surface area contributed by atoms with Crippen molar-refractivity contribution in [2.45, 2.75) is 39.3 Å². The molecule has 1 aromatic heterocycles. The SMILES string of the molecule is CNC(Cc1cc(C)nn1C)C(OC)C(C)C. The average Bonchev–Trinajstić information content (AvgIpc) is 2.56. The molecule has 2 unspecified atom stereocenters. The number of hydrogen-bond donors (Lipinski definition) is 1. The first-order chi connectivity index (χ1) is 7.99. The van der Waals surface area contributed by atoms with Crippen molar-refractivity contribution < 1.29 is 4.74 Å². The lowest BCUT2D eigenvalue weighted by molar-refractivity contribution is 0.0349. The van der Waals surface area contributed by atoms with Gasteiger partial charge in [0.15, 0.2) is 0 Å². The van der Waals surface area contributed by atoms with Crippen LogP contribution in [0.3, 0.4) is 0 Å². The monoisotopic (exact) mass is 239 g/mol. The maximum absolute atomic E-state index is 5.59. The van der Waals surface area contributed by atoms with Gasteiger partial charge in [-0.25, -0.2) is 0 Å². The largest absolute Gasteiger partial charge is 0.380 e. The molecule has 2 atom stereocenters. The molecule has 1 heterocycles. The van der Waals surface area contributed by atoms with Crippen molar-refractivity contribution in [3.05, 3.63) is 17.5 Å². The summed E-state index contributed by atoms with van der Waals surface area (Å²) in [5.74, 6) is 0.492. The van der Waals surface area contributed by atoms with E-state index in [0.29, 0.717) is 12.0 Å². The van der Waals surface area contributed by atoms with Gasteiger partial charge in [0.2, 0.25) is 0 Å². The van der Waals surface area contributed by atoms with Gasteiger partial charge in [-0.15, -0.1) is 0 Å². The molecule has 0 saturated heterocycles. The average molecular weight is 239 g/mol.